The maximum atomic E-state index is 12.9. The van der Waals surface area contributed by atoms with E-state index in [4.69, 9.17) is 4.55 Å². The average Bonchev–Trinajstić information content (AvgIpc) is 3.17. The standard InChI is InChI=1S/C26H48N2O6S/c1-2-3-4-5-6-7-8-9-10-11-12-13-14-15-16-17-25(31)26-27(20-21-29)18-19-28(26)22-24(30)23-35(32,33)34/h4-5,24,29-30H,2-3,6-23H2,1H3/p+1/b5-4+. The summed E-state index contributed by atoms with van der Waals surface area (Å²) in [4.78, 5) is 14.7. The molecule has 3 N–H and O–H groups in total. The van der Waals surface area contributed by atoms with E-state index in [2.05, 4.69) is 19.1 Å². The fourth-order valence-corrected chi connectivity index (χ4v) is 5.14. The van der Waals surface area contributed by atoms with Gasteiger partial charge in [0.05, 0.1) is 6.61 Å². The van der Waals surface area contributed by atoms with Crippen molar-refractivity contribution >= 4 is 21.7 Å². The zero-order valence-corrected chi connectivity index (χ0v) is 22.6. The Kier molecular flexibility index (Phi) is 17.1. The molecule has 35 heavy (non-hydrogen) atoms. The molecular weight excluding hydrogens is 468 g/mol. The largest absolute Gasteiger partial charge is 0.392 e. The van der Waals surface area contributed by atoms with Gasteiger partial charge in [-0.05, 0) is 25.7 Å². The minimum Gasteiger partial charge on any atom is -0.392 e. The molecule has 1 aliphatic rings. The molecule has 0 saturated heterocycles. The van der Waals surface area contributed by atoms with Crippen LogP contribution >= 0.6 is 0 Å². The molecule has 0 spiro atoms. The smallest absolute Gasteiger partial charge is 0.316 e. The van der Waals surface area contributed by atoms with Crippen LogP contribution in [0, 0.1) is 0 Å². The normalized spacial score (nSPS) is 15.5. The van der Waals surface area contributed by atoms with Crippen LogP contribution in [0.4, 0.5) is 0 Å². The summed E-state index contributed by atoms with van der Waals surface area (Å²) >= 11 is 0. The van der Waals surface area contributed by atoms with E-state index >= 15 is 0 Å². The van der Waals surface area contributed by atoms with Gasteiger partial charge in [0.2, 0.25) is 5.78 Å². The molecule has 0 saturated carbocycles. The minimum atomic E-state index is -4.29. The van der Waals surface area contributed by atoms with Gasteiger partial charge in [0.25, 0.3) is 10.1 Å². The first-order valence-corrected chi connectivity index (χ1v) is 15.2. The molecule has 1 atom stereocenters. The molecule has 0 amide bonds. The summed E-state index contributed by atoms with van der Waals surface area (Å²) in [6, 6.07) is 0. The number of amidine groups is 1. The third-order valence-electron chi connectivity index (χ3n) is 6.34. The Hall–Kier alpha value is -1.29. The topological polar surface area (TPSA) is 118 Å². The lowest BCUT2D eigenvalue weighted by Gasteiger charge is -2.13. The summed E-state index contributed by atoms with van der Waals surface area (Å²) in [5, 5.41) is 19.3. The lowest BCUT2D eigenvalue weighted by atomic mass is 10.0. The second kappa shape index (κ2) is 18.9. The van der Waals surface area contributed by atoms with Crippen LogP contribution in [-0.4, -0.2) is 88.9 Å². The van der Waals surface area contributed by atoms with Gasteiger partial charge in [0.15, 0.2) is 0 Å². The van der Waals surface area contributed by atoms with E-state index in [1.54, 1.807) is 9.48 Å². The van der Waals surface area contributed by atoms with Gasteiger partial charge in [0, 0.05) is 6.42 Å². The number of carbonyl (C=O) groups is 1. The fourth-order valence-electron chi connectivity index (χ4n) is 4.55. The number of nitrogens with zero attached hydrogens (tertiary/aromatic N) is 2. The third kappa shape index (κ3) is 15.4. The lowest BCUT2D eigenvalue weighted by molar-refractivity contribution is -0.525. The molecule has 0 aromatic rings. The summed E-state index contributed by atoms with van der Waals surface area (Å²) in [5.41, 5.74) is 0. The highest BCUT2D eigenvalue weighted by atomic mass is 32.2. The first kappa shape index (κ1) is 31.7. The van der Waals surface area contributed by atoms with Gasteiger partial charge in [-0.2, -0.15) is 8.42 Å². The monoisotopic (exact) mass is 517 g/mol. The second-order valence-electron chi connectivity index (χ2n) is 9.64. The molecule has 0 aliphatic carbocycles. The van der Waals surface area contributed by atoms with E-state index < -0.39 is 22.0 Å². The molecule has 0 aromatic heterocycles. The van der Waals surface area contributed by atoms with Crippen molar-refractivity contribution < 1.29 is 32.6 Å². The fraction of sp³-hybridized carbons (Fsp3) is 0.846. The summed E-state index contributed by atoms with van der Waals surface area (Å²) < 4.78 is 32.7. The van der Waals surface area contributed by atoms with Gasteiger partial charge in [-0.25, -0.2) is 0 Å². The Morgan fingerprint density at radius 3 is 2.14 bits per heavy atom. The molecule has 0 aromatic carbocycles. The van der Waals surface area contributed by atoms with Crippen LogP contribution in [0.5, 0.6) is 0 Å². The molecule has 0 radical (unpaired) electrons. The number of β-amino-alcohol motifs (C(OH)–C–C–N with tert-alkyl or cyclic N) is 2. The van der Waals surface area contributed by atoms with E-state index in [0.717, 1.165) is 19.3 Å². The summed E-state index contributed by atoms with van der Waals surface area (Å²) in [5.74, 6) is -0.365. The molecule has 0 fully saturated rings. The Balaban J connectivity index is 2.24. The molecule has 204 valence electrons. The Labute approximate surface area is 212 Å². The molecule has 1 aliphatic heterocycles. The number of unbranched alkanes of at least 4 members (excludes halogenated alkanes) is 11. The van der Waals surface area contributed by atoms with Crippen molar-refractivity contribution in [2.45, 2.75) is 103 Å². The van der Waals surface area contributed by atoms with Crippen molar-refractivity contribution in [2.24, 2.45) is 0 Å². The van der Waals surface area contributed by atoms with E-state index in [0.29, 0.717) is 31.9 Å². The van der Waals surface area contributed by atoms with Crippen molar-refractivity contribution in [1.29, 1.82) is 0 Å². The highest BCUT2D eigenvalue weighted by Crippen LogP contribution is 2.14. The van der Waals surface area contributed by atoms with Crippen molar-refractivity contribution in [3.63, 3.8) is 0 Å². The lowest BCUT2D eigenvalue weighted by Crippen LogP contribution is -2.40. The first-order valence-electron chi connectivity index (χ1n) is 13.6. The van der Waals surface area contributed by atoms with Crippen LogP contribution in [0.2, 0.25) is 0 Å². The Morgan fingerprint density at radius 2 is 1.57 bits per heavy atom. The summed E-state index contributed by atoms with van der Waals surface area (Å²) in [6.07, 6.45) is 19.2. The van der Waals surface area contributed by atoms with Crippen molar-refractivity contribution in [3.05, 3.63) is 12.2 Å². The Bertz CT molecular complexity index is 751. The van der Waals surface area contributed by atoms with Crippen LogP contribution in [0.3, 0.4) is 0 Å². The maximum absolute atomic E-state index is 12.9. The van der Waals surface area contributed by atoms with Crippen LogP contribution in [0.1, 0.15) is 96.8 Å². The number of rotatable bonds is 22. The maximum Gasteiger partial charge on any atom is 0.316 e. The van der Waals surface area contributed by atoms with E-state index in [-0.39, 0.29) is 18.9 Å². The quantitative estimate of drug-likeness (QED) is 0.0870. The van der Waals surface area contributed by atoms with Gasteiger partial charge in [-0.15, -0.1) is 0 Å². The van der Waals surface area contributed by atoms with E-state index in [1.165, 1.54) is 64.2 Å². The molecule has 0 bridgehead atoms. The van der Waals surface area contributed by atoms with Gasteiger partial charge in [-0.3, -0.25) is 18.8 Å². The molecule has 1 unspecified atom stereocenters. The average molecular weight is 518 g/mol. The van der Waals surface area contributed by atoms with Gasteiger partial charge in [-0.1, -0.05) is 76.9 Å². The van der Waals surface area contributed by atoms with E-state index in [9.17, 15) is 23.4 Å². The number of hydrogen-bond donors (Lipinski definition) is 3. The molecule has 1 heterocycles. The third-order valence-corrected chi connectivity index (χ3v) is 7.15. The van der Waals surface area contributed by atoms with E-state index in [1.807, 2.05) is 0 Å². The number of aliphatic hydroxyl groups is 2. The number of ketones is 1. The highest BCUT2D eigenvalue weighted by Gasteiger charge is 2.36. The first-order chi connectivity index (χ1) is 16.8. The predicted octanol–water partition coefficient (Wildman–Crippen LogP) is 3.56. The second-order valence-corrected chi connectivity index (χ2v) is 11.1. The minimum absolute atomic E-state index is 0.0421. The van der Waals surface area contributed by atoms with Gasteiger partial charge < -0.3 is 10.2 Å². The van der Waals surface area contributed by atoms with Crippen LogP contribution in [-0.2, 0) is 14.9 Å². The molecule has 9 heteroatoms. The summed E-state index contributed by atoms with van der Waals surface area (Å²) in [7, 11) is -4.29. The SMILES string of the molecule is CCC/C=C/CCCCCCCCCCCCC(=O)C1=[N+](CC(O)CS(=O)(=O)O)CCN1CCO. The number of allylic oxidation sites excluding steroid dienone is 2. The van der Waals surface area contributed by atoms with Crippen molar-refractivity contribution in [3.8, 4) is 0 Å². The summed E-state index contributed by atoms with van der Waals surface area (Å²) in [6.45, 7) is 3.40. The van der Waals surface area contributed by atoms with Crippen molar-refractivity contribution in [2.75, 3.05) is 38.5 Å². The highest BCUT2D eigenvalue weighted by molar-refractivity contribution is 7.85. The van der Waals surface area contributed by atoms with Crippen LogP contribution < -0.4 is 0 Å². The number of hydrogen-bond acceptors (Lipinski definition) is 6. The number of carbonyl (C=O) groups excluding carboxylic acids is 1. The number of aliphatic hydroxyl groups excluding tert-OH is 2. The number of Topliss-reactive ketones (excluding diaryl/α,β-unsaturated/α-hetero) is 1. The zero-order chi connectivity index (χ0) is 25.9. The van der Waals surface area contributed by atoms with Gasteiger partial charge in [0.1, 0.15) is 38.0 Å². The molecule has 1 rings (SSSR count). The van der Waals surface area contributed by atoms with Crippen LogP contribution in [0.25, 0.3) is 0 Å². The van der Waals surface area contributed by atoms with Crippen LogP contribution in [0.15, 0.2) is 12.2 Å². The predicted molar refractivity (Wildman–Crippen MR) is 141 cm³/mol. The van der Waals surface area contributed by atoms with Gasteiger partial charge >= 0.3 is 5.84 Å². The molecule has 8 nitrogen and oxygen atoms in total. The molecular formula is C26H49N2O6S+. The van der Waals surface area contributed by atoms with Crippen molar-refractivity contribution in [1.82, 2.24) is 4.90 Å². The Morgan fingerprint density at radius 1 is 1.00 bits per heavy atom. The zero-order valence-electron chi connectivity index (χ0n) is 21.7.